The van der Waals surface area contributed by atoms with Crippen molar-refractivity contribution in [1.29, 1.82) is 0 Å². The highest BCUT2D eigenvalue weighted by molar-refractivity contribution is 5.95. The van der Waals surface area contributed by atoms with E-state index in [1.165, 1.54) is 19.4 Å². The molecule has 1 aliphatic heterocycles. The molecule has 0 radical (unpaired) electrons. The van der Waals surface area contributed by atoms with E-state index >= 15 is 0 Å². The molecule has 2 rings (SSSR count). The van der Waals surface area contributed by atoms with E-state index in [-0.39, 0.29) is 18.1 Å². The third-order valence-corrected chi connectivity index (χ3v) is 3.95. The maximum Gasteiger partial charge on any atom is 0.303 e. The number of aromatic nitrogens is 1. The van der Waals surface area contributed by atoms with Crippen molar-refractivity contribution >= 4 is 23.8 Å². The van der Waals surface area contributed by atoms with Gasteiger partial charge in [-0.2, -0.15) is 0 Å². The highest BCUT2D eigenvalue weighted by atomic mass is 16.6. The number of hydrogen-bond donors (Lipinski definition) is 2. The van der Waals surface area contributed by atoms with Gasteiger partial charge in [0.1, 0.15) is 0 Å². The fourth-order valence-corrected chi connectivity index (χ4v) is 2.83. The smallest absolute Gasteiger partial charge is 0.303 e. The molecule has 1 fully saturated rings. The van der Waals surface area contributed by atoms with E-state index in [1.807, 2.05) is 0 Å². The molecule has 0 aromatic carbocycles. The number of ether oxygens (including phenoxy) is 5. The molecular formula is C18H22N2O10. The van der Waals surface area contributed by atoms with Gasteiger partial charge >= 0.3 is 17.9 Å². The first kappa shape index (κ1) is 22.9. The lowest BCUT2D eigenvalue weighted by Crippen LogP contribution is -2.62. The molecule has 1 aromatic rings. The maximum absolute atomic E-state index is 12.6. The Bertz CT molecular complexity index is 827. The number of esters is 3. The number of aromatic hydroxyl groups is 1. The first-order chi connectivity index (χ1) is 14.1. The minimum absolute atomic E-state index is 0.0176. The van der Waals surface area contributed by atoms with Crippen LogP contribution in [-0.2, 0) is 33.3 Å². The zero-order chi connectivity index (χ0) is 22.4. The van der Waals surface area contributed by atoms with Gasteiger partial charge in [-0.15, -0.1) is 0 Å². The highest BCUT2D eigenvalue weighted by Gasteiger charge is 2.47. The van der Waals surface area contributed by atoms with Crippen LogP contribution in [0.5, 0.6) is 11.5 Å². The van der Waals surface area contributed by atoms with Crippen LogP contribution in [0.25, 0.3) is 0 Å². The summed E-state index contributed by atoms with van der Waals surface area (Å²) in [6.07, 6.45) is -3.73. The van der Waals surface area contributed by atoms with Crippen LogP contribution in [0, 0.1) is 0 Å². The van der Waals surface area contributed by atoms with Crippen LogP contribution in [0.2, 0.25) is 0 Å². The van der Waals surface area contributed by atoms with Gasteiger partial charge in [-0.05, 0) is 0 Å². The average molecular weight is 426 g/mol. The summed E-state index contributed by atoms with van der Waals surface area (Å²) in [5.74, 6) is -3.52. The van der Waals surface area contributed by atoms with Gasteiger partial charge in [0, 0.05) is 33.0 Å². The summed E-state index contributed by atoms with van der Waals surface area (Å²) >= 11 is 0. The molecule has 30 heavy (non-hydrogen) atoms. The summed E-state index contributed by atoms with van der Waals surface area (Å²) in [4.78, 5) is 50.9. The van der Waals surface area contributed by atoms with Crippen LogP contribution in [-0.4, -0.2) is 72.2 Å². The molecule has 12 heteroatoms. The Morgan fingerprint density at radius 1 is 1.07 bits per heavy atom. The molecule has 2 N–H and O–H groups in total. The lowest BCUT2D eigenvalue weighted by atomic mass is 10.0. The van der Waals surface area contributed by atoms with Crippen molar-refractivity contribution in [1.82, 2.24) is 10.3 Å². The van der Waals surface area contributed by atoms with Crippen molar-refractivity contribution in [3.05, 3.63) is 18.0 Å². The minimum Gasteiger partial charge on any atom is -0.503 e. The van der Waals surface area contributed by atoms with Gasteiger partial charge < -0.3 is 34.1 Å². The third-order valence-electron chi connectivity index (χ3n) is 3.95. The molecule has 4 atom stereocenters. The fraction of sp³-hybridized carbons (Fsp3) is 0.500. The Kier molecular flexibility index (Phi) is 7.53. The first-order valence-corrected chi connectivity index (χ1v) is 8.80. The molecule has 2 heterocycles. The molecule has 0 saturated carbocycles. The molecule has 0 aliphatic carbocycles. The van der Waals surface area contributed by atoms with Crippen molar-refractivity contribution in [3.63, 3.8) is 0 Å². The van der Waals surface area contributed by atoms with Crippen molar-refractivity contribution in [3.8, 4) is 11.5 Å². The van der Waals surface area contributed by atoms with E-state index in [4.69, 9.17) is 23.7 Å². The van der Waals surface area contributed by atoms with Gasteiger partial charge in [-0.3, -0.25) is 19.2 Å². The molecule has 1 amide bonds. The molecule has 12 nitrogen and oxygen atoms in total. The van der Waals surface area contributed by atoms with E-state index < -0.39 is 54.1 Å². The number of pyridine rings is 1. The minimum atomic E-state index is -1.35. The van der Waals surface area contributed by atoms with Gasteiger partial charge in [0.05, 0.1) is 13.7 Å². The summed E-state index contributed by atoms with van der Waals surface area (Å²) in [5, 5.41) is 12.5. The largest absolute Gasteiger partial charge is 0.503 e. The Labute approximate surface area is 171 Å². The normalized spacial score (nSPS) is 23.1. The molecule has 1 saturated heterocycles. The molecule has 1 aromatic heterocycles. The molecule has 164 valence electrons. The van der Waals surface area contributed by atoms with E-state index in [1.54, 1.807) is 0 Å². The van der Waals surface area contributed by atoms with Gasteiger partial charge in [0.25, 0.3) is 5.91 Å². The van der Waals surface area contributed by atoms with E-state index in [9.17, 15) is 24.3 Å². The van der Waals surface area contributed by atoms with Crippen LogP contribution in [0.15, 0.2) is 12.3 Å². The number of carbonyl (C=O) groups is 4. The van der Waals surface area contributed by atoms with Gasteiger partial charge in [0.15, 0.2) is 41.7 Å². The van der Waals surface area contributed by atoms with Crippen LogP contribution in [0.4, 0.5) is 0 Å². The van der Waals surface area contributed by atoms with Crippen LogP contribution < -0.4 is 10.1 Å². The summed E-state index contributed by atoms with van der Waals surface area (Å²) in [5.41, 5.74) is -0.370. The number of nitrogens with one attached hydrogen (secondary N) is 1. The van der Waals surface area contributed by atoms with Crippen molar-refractivity contribution < 1.29 is 48.0 Å². The Morgan fingerprint density at radius 2 is 1.67 bits per heavy atom. The second-order valence-electron chi connectivity index (χ2n) is 6.23. The zero-order valence-corrected chi connectivity index (χ0v) is 16.7. The van der Waals surface area contributed by atoms with Crippen LogP contribution in [0.1, 0.15) is 31.3 Å². The van der Waals surface area contributed by atoms with Gasteiger partial charge in [-0.1, -0.05) is 0 Å². The second-order valence-corrected chi connectivity index (χ2v) is 6.23. The highest BCUT2D eigenvalue weighted by Crippen LogP contribution is 2.28. The van der Waals surface area contributed by atoms with Crippen molar-refractivity contribution in [2.75, 3.05) is 13.7 Å². The Morgan fingerprint density at radius 3 is 2.23 bits per heavy atom. The van der Waals surface area contributed by atoms with E-state index in [0.29, 0.717) is 0 Å². The molecule has 0 spiro atoms. The number of rotatable bonds is 6. The fourth-order valence-electron chi connectivity index (χ4n) is 2.83. The third kappa shape index (κ3) is 5.56. The first-order valence-electron chi connectivity index (χ1n) is 8.80. The van der Waals surface area contributed by atoms with Gasteiger partial charge in [0.2, 0.25) is 0 Å². The predicted molar refractivity (Wildman–Crippen MR) is 96.3 cm³/mol. The summed E-state index contributed by atoms with van der Waals surface area (Å²) in [7, 11) is 1.30. The van der Waals surface area contributed by atoms with Gasteiger partial charge in [-0.25, -0.2) is 4.98 Å². The van der Waals surface area contributed by atoms with Crippen LogP contribution in [0.3, 0.4) is 0 Å². The topological polar surface area (TPSA) is 160 Å². The zero-order valence-electron chi connectivity index (χ0n) is 16.7. The molecule has 0 bridgehead atoms. The Hall–Kier alpha value is -3.41. The van der Waals surface area contributed by atoms with E-state index in [0.717, 1.165) is 20.8 Å². The monoisotopic (exact) mass is 426 g/mol. The molecule has 1 aliphatic rings. The standard InChI is InChI=1S/C18H22N2O10/c1-8(21)28-12-7-27-18(16(30-10(3)23)15(12)29-9(2)22)20-17(25)13-14(24)11(26-4)5-6-19-13/h5-6,12,15-16,18,24H,7H2,1-4H3,(H,20,25). The summed E-state index contributed by atoms with van der Waals surface area (Å²) < 4.78 is 25.9. The SMILES string of the molecule is COc1ccnc(C(=O)NC2OCC(OC(C)=O)C(OC(C)=O)C2OC(C)=O)c1O. The predicted octanol–water partition coefficient (Wildman–Crippen LogP) is -0.323. The number of methoxy groups -OCH3 is 1. The summed E-state index contributed by atoms with van der Waals surface area (Å²) in [6.45, 7) is 3.11. The van der Waals surface area contributed by atoms with Crippen molar-refractivity contribution in [2.24, 2.45) is 0 Å². The Balaban J connectivity index is 2.30. The number of amides is 1. The molecular weight excluding hydrogens is 404 g/mol. The second kappa shape index (κ2) is 9.87. The number of carbonyl (C=O) groups excluding carboxylic acids is 4. The lowest BCUT2D eigenvalue weighted by Gasteiger charge is -2.40. The number of hydrogen-bond acceptors (Lipinski definition) is 11. The molecule has 4 unspecified atom stereocenters. The van der Waals surface area contributed by atoms with Crippen molar-refractivity contribution in [2.45, 2.75) is 45.3 Å². The maximum atomic E-state index is 12.6. The summed E-state index contributed by atoms with van der Waals surface area (Å²) in [6, 6.07) is 1.35. The number of nitrogens with zero attached hydrogens (tertiary/aromatic N) is 1. The lowest BCUT2D eigenvalue weighted by molar-refractivity contribution is -0.228. The average Bonchev–Trinajstić information content (AvgIpc) is 2.65. The van der Waals surface area contributed by atoms with Crippen LogP contribution >= 0.6 is 0 Å². The van der Waals surface area contributed by atoms with E-state index in [2.05, 4.69) is 10.3 Å². The quantitative estimate of drug-likeness (QED) is 0.453.